The fourth-order valence-electron chi connectivity index (χ4n) is 3.66. The van der Waals surface area contributed by atoms with E-state index in [1.807, 2.05) is 6.07 Å². The molecule has 1 N–H and O–H groups in total. The second-order valence-corrected chi connectivity index (χ2v) is 6.63. The zero-order valence-corrected chi connectivity index (χ0v) is 13.5. The van der Waals surface area contributed by atoms with E-state index in [2.05, 4.69) is 43.4 Å². The van der Waals surface area contributed by atoms with Gasteiger partial charge >= 0.3 is 0 Å². The van der Waals surface area contributed by atoms with Crippen LogP contribution in [0.15, 0.2) is 30.4 Å². The highest BCUT2D eigenvalue weighted by Crippen LogP contribution is 2.38. The van der Waals surface area contributed by atoms with E-state index in [1.165, 1.54) is 6.42 Å². The number of hydrogen-bond donors (Lipinski definition) is 1. The molecule has 3 heteroatoms. The second kappa shape index (κ2) is 6.55. The summed E-state index contributed by atoms with van der Waals surface area (Å²) >= 11 is 0. The molecule has 22 heavy (non-hydrogen) atoms. The van der Waals surface area contributed by atoms with Gasteiger partial charge in [0.25, 0.3) is 0 Å². The summed E-state index contributed by atoms with van der Waals surface area (Å²) in [5.41, 5.74) is 2.30. The van der Waals surface area contributed by atoms with E-state index in [4.69, 9.17) is 4.74 Å². The lowest BCUT2D eigenvalue weighted by molar-refractivity contribution is -0.122. The molecule has 1 saturated carbocycles. The van der Waals surface area contributed by atoms with Gasteiger partial charge in [-0.05, 0) is 56.1 Å². The lowest BCUT2D eigenvalue weighted by atomic mass is 10.0. The third kappa shape index (κ3) is 3.34. The molecular weight excluding hydrogens is 274 g/mol. The van der Waals surface area contributed by atoms with Crippen molar-refractivity contribution in [2.24, 2.45) is 11.8 Å². The highest BCUT2D eigenvalue weighted by Gasteiger charge is 2.36. The molecule has 0 radical (unpaired) electrons. The molecule has 2 bridgehead atoms. The molecule has 3 nitrogen and oxygen atoms in total. The molecule has 1 aromatic carbocycles. The average molecular weight is 299 g/mol. The number of allylic oxidation sites excluding steroid dienone is 1. The minimum absolute atomic E-state index is 0.163. The zero-order valence-electron chi connectivity index (χ0n) is 13.5. The Bertz CT molecular complexity index is 559. The van der Waals surface area contributed by atoms with E-state index < -0.39 is 0 Å². The molecule has 3 atom stereocenters. The van der Waals surface area contributed by atoms with E-state index in [-0.39, 0.29) is 5.91 Å². The van der Waals surface area contributed by atoms with Crippen molar-refractivity contribution in [3.63, 3.8) is 0 Å². The van der Waals surface area contributed by atoms with Gasteiger partial charge in [-0.1, -0.05) is 30.4 Å². The number of aryl methyl sites for hydroxylation is 2. The number of benzene rings is 1. The lowest BCUT2D eigenvalue weighted by Crippen LogP contribution is -2.37. The summed E-state index contributed by atoms with van der Waals surface area (Å²) < 4.78 is 5.85. The minimum Gasteiger partial charge on any atom is -0.493 e. The van der Waals surface area contributed by atoms with Crippen LogP contribution in [-0.4, -0.2) is 18.6 Å². The number of carbonyl (C=O) groups is 1. The summed E-state index contributed by atoms with van der Waals surface area (Å²) in [5, 5.41) is 3.19. The quantitative estimate of drug-likeness (QED) is 0.644. The number of nitrogens with one attached hydrogen (secondary N) is 1. The fraction of sp³-hybridized carbons (Fsp3) is 0.526. The lowest BCUT2D eigenvalue weighted by Gasteiger charge is -2.19. The molecule has 1 fully saturated rings. The van der Waals surface area contributed by atoms with Crippen molar-refractivity contribution in [2.45, 2.75) is 45.6 Å². The van der Waals surface area contributed by atoms with Crippen molar-refractivity contribution in [1.82, 2.24) is 5.32 Å². The highest BCUT2D eigenvalue weighted by molar-refractivity contribution is 5.76. The number of carbonyl (C=O) groups excluding carboxylic acids is 1. The fourth-order valence-corrected chi connectivity index (χ4v) is 3.66. The van der Waals surface area contributed by atoms with Gasteiger partial charge in [0.2, 0.25) is 5.91 Å². The predicted molar refractivity (Wildman–Crippen MR) is 87.9 cm³/mol. The van der Waals surface area contributed by atoms with Crippen LogP contribution < -0.4 is 10.1 Å². The van der Waals surface area contributed by atoms with Crippen LogP contribution in [0.2, 0.25) is 0 Å². The minimum atomic E-state index is 0.163. The predicted octanol–water partition coefficient (Wildman–Crippen LogP) is 3.54. The first-order chi connectivity index (χ1) is 10.6. The summed E-state index contributed by atoms with van der Waals surface area (Å²) in [4.78, 5) is 12.0. The molecule has 3 unspecified atom stereocenters. The first kappa shape index (κ1) is 15.1. The summed E-state index contributed by atoms with van der Waals surface area (Å²) in [7, 11) is 0. The maximum Gasteiger partial charge on any atom is 0.220 e. The van der Waals surface area contributed by atoms with Crippen LogP contribution in [0.25, 0.3) is 0 Å². The van der Waals surface area contributed by atoms with E-state index in [0.29, 0.717) is 30.9 Å². The van der Waals surface area contributed by atoms with Crippen molar-refractivity contribution in [2.75, 3.05) is 6.61 Å². The summed E-state index contributed by atoms with van der Waals surface area (Å²) in [6, 6.07) is 6.51. The average Bonchev–Trinajstić information content (AvgIpc) is 3.08. The maximum atomic E-state index is 12.0. The number of ether oxygens (including phenoxy) is 1. The molecule has 0 heterocycles. The highest BCUT2D eigenvalue weighted by atomic mass is 16.5. The first-order valence-electron chi connectivity index (χ1n) is 8.30. The molecule has 0 aliphatic heterocycles. The Kier molecular flexibility index (Phi) is 4.51. The zero-order chi connectivity index (χ0) is 15.5. The molecule has 0 spiro atoms. The van der Waals surface area contributed by atoms with Crippen LogP contribution >= 0.6 is 0 Å². The molecule has 0 saturated heterocycles. The van der Waals surface area contributed by atoms with E-state index in [1.54, 1.807) is 0 Å². The number of para-hydroxylation sites is 1. The van der Waals surface area contributed by atoms with Crippen molar-refractivity contribution in [1.29, 1.82) is 0 Å². The van der Waals surface area contributed by atoms with Crippen molar-refractivity contribution >= 4 is 5.91 Å². The van der Waals surface area contributed by atoms with Gasteiger partial charge in [0.1, 0.15) is 5.75 Å². The summed E-state index contributed by atoms with van der Waals surface area (Å²) in [5.74, 6) is 2.39. The van der Waals surface area contributed by atoms with Crippen LogP contribution in [0.5, 0.6) is 5.75 Å². The van der Waals surface area contributed by atoms with Gasteiger partial charge in [-0.25, -0.2) is 0 Å². The summed E-state index contributed by atoms with van der Waals surface area (Å²) in [6.07, 6.45) is 8.21. The Labute approximate surface area is 132 Å². The van der Waals surface area contributed by atoms with Gasteiger partial charge in [-0.2, -0.15) is 0 Å². The van der Waals surface area contributed by atoms with Crippen LogP contribution in [-0.2, 0) is 4.79 Å². The van der Waals surface area contributed by atoms with Crippen molar-refractivity contribution in [3.05, 3.63) is 41.5 Å². The Morgan fingerprint density at radius 1 is 1.23 bits per heavy atom. The number of rotatable bonds is 6. The number of fused-ring (bicyclic) bond motifs is 2. The first-order valence-corrected chi connectivity index (χ1v) is 8.30. The third-order valence-corrected chi connectivity index (χ3v) is 4.83. The molecule has 1 aromatic rings. The maximum absolute atomic E-state index is 12.0. The molecule has 118 valence electrons. The van der Waals surface area contributed by atoms with Crippen LogP contribution in [0.4, 0.5) is 0 Å². The Morgan fingerprint density at radius 3 is 2.64 bits per heavy atom. The summed E-state index contributed by atoms with van der Waals surface area (Å²) in [6.45, 7) is 4.70. The smallest absolute Gasteiger partial charge is 0.220 e. The van der Waals surface area contributed by atoms with Gasteiger partial charge < -0.3 is 10.1 Å². The van der Waals surface area contributed by atoms with Crippen molar-refractivity contribution < 1.29 is 9.53 Å². The van der Waals surface area contributed by atoms with E-state index in [0.717, 1.165) is 29.7 Å². The Hall–Kier alpha value is -1.77. The standard InChI is InChI=1S/C19H25NO2/c1-13-5-3-6-14(2)19(13)22-10-4-7-18(21)20-17-12-15-8-9-16(17)11-15/h3,5-6,8-9,15-17H,4,7,10-12H2,1-2H3,(H,20,21). The second-order valence-electron chi connectivity index (χ2n) is 6.63. The molecule has 0 aromatic heterocycles. The Balaban J connectivity index is 1.38. The van der Waals surface area contributed by atoms with Crippen LogP contribution in [0.3, 0.4) is 0 Å². The monoisotopic (exact) mass is 299 g/mol. The molecule has 2 aliphatic carbocycles. The van der Waals surface area contributed by atoms with Gasteiger partial charge in [-0.15, -0.1) is 0 Å². The van der Waals surface area contributed by atoms with Gasteiger partial charge in [0.05, 0.1) is 6.61 Å². The molecule has 1 amide bonds. The van der Waals surface area contributed by atoms with Gasteiger partial charge in [0.15, 0.2) is 0 Å². The van der Waals surface area contributed by atoms with Crippen LogP contribution in [0.1, 0.15) is 36.8 Å². The molecule has 2 aliphatic rings. The number of hydrogen-bond acceptors (Lipinski definition) is 2. The normalized spacial score (nSPS) is 25.5. The third-order valence-electron chi connectivity index (χ3n) is 4.83. The topological polar surface area (TPSA) is 38.3 Å². The van der Waals surface area contributed by atoms with Gasteiger partial charge in [0, 0.05) is 12.5 Å². The number of amides is 1. The van der Waals surface area contributed by atoms with E-state index in [9.17, 15) is 4.79 Å². The van der Waals surface area contributed by atoms with Crippen LogP contribution in [0, 0.1) is 25.7 Å². The largest absolute Gasteiger partial charge is 0.493 e. The SMILES string of the molecule is Cc1cccc(C)c1OCCCC(=O)NC1CC2C=CC1C2. The van der Waals surface area contributed by atoms with E-state index >= 15 is 0 Å². The molecule has 3 rings (SSSR count). The van der Waals surface area contributed by atoms with Crippen molar-refractivity contribution in [3.8, 4) is 5.75 Å². The molecular formula is C19H25NO2. The van der Waals surface area contributed by atoms with Gasteiger partial charge in [-0.3, -0.25) is 4.79 Å². The Morgan fingerprint density at radius 2 is 2.00 bits per heavy atom.